The molecule has 0 aliphatic heterocycles. The molecule has 0 aliphatic rings. The zero-order chi connectivity index (χ0) is 14.4. The topological polar surface area (TPSA) is 81.1 Å². The Hall–Kier alpha value is -1.91. The quantitative estimate of drug-likeness (QED) is 0.748. The van der Waals surface area contributed by atoms with Gasteiger partial charge in [0, 0.05) is 13.0 Å². The van der Waals surface area contributed by atoms with Crippen molar-refractivity contribution < 1.29 is 4.79 Å². The van der Waals surface area contributed by atoms with E-state index in [2.05, 4.69) is 29.6 Å². The summed E-state index contributed by atoms with van der Waals surface area (Å²) < 4.78 is 0. The van der Waals surface area contributed by atoms with Gasteiger partial charge in [0.2, 0.25) is 5.91 Å². The molecule has 4 nitrogen and oxygen atoms in total. The number of nitrogens with one attached hydrogen (secondary N) is 1. The van der Waals surface area contributed by atoms with Crippen molar-refractivity contribution in [1.29, 1.82) is 0 Å². The van der Waals surface area contributed by atoms with E-state index in [0.29, 0.717) is 25.9 Å². The van der Waals surface area contributed by atoms with Crippen molar-refractivity contribution in [3.8, 4) is 0 Å². The first-order chi connectivity index (χ1) is 9.74. The molecular formula is C16H21N3O. The Morgan fingerprint density at radius 3 is 2.55 bits per heavy atom. The van der Waals surface area contributed by atoms with E-state index in [1.165, 1.54) is 5.39 Å². The van der Waals surface area contributed by atoms with Gasteiger partial charge in [-0.3, -0.25) is 4.79 Å². The van der Waals surface area contributed by atoms with E-state index in [1.807, 2.05) is 18.2 Å². The fraction of sp³-hybridized carbons (Fsp3) is 0.312. The van der Waals surface area contributed by atoms with Crippen LogP contribution in [0, 0.1) is 0 Å². The number of hydrogen-bond acceptors (Lipinski definition) is 3. The van der Waals surface area contributed by atoms with Gasteiger partial charge >= 0.3 is 0 Å². The number of rotatable bonds is 6. The Kier molecular flexibility index (Phi) is 5.09. The van der Waals surface area contributed by atoms with Gasteiger partial charge in [-0.15, -0.1) is 0 Å². The summed E-state index contributed by atoms with van der Waals surface area (Å²) in [5.41, 5.74) is 12.2. The summed E-state index contributed by atoms with van der Waals surface area (Å²) in [5.74, 6) is -0.000872. The van der Waals surface area contributed by atoms with Crippen molar-refractivity contribution in [2.45, 2.75) is 18.9 Å². The molecule has 5 N–H and O–H groups in total. The fourth-order valence-electron chi connectivity index (χ4n) is 2.23. The van der Waals surface area contributed by atoms with Crippen LogP contribution in [0.15, 0.2) is 42.5 Å². The van der Waals surface area contributed by atoms with Crippen molar-refractivity contribution in [1.82, 2.24) is 5.32 Å². The second-order valence-corrected chi connectivity index (χ2v) is 4.85. The first-order valence-electron chi connectivity index (χ1n) is 6.93. The molecule has 1 atom stereocenters. The highest BCUT2D eigenvalue weighted by Gasteiger charge is 2.12. The predicted octanol–water partition coefficient (Wildman–Crippen LogP) is 1.69. The van der Waals surface area contributed by atoms with Gasteiger partial charge in [0.05, 0.1) is 6.04 Å². The highest BCUT2D eigenvalue weighted by atomic mass is 16.1. The first-order valence-corrected chi connectivity index (χ1v) is 6.93. The summed E-state index contributed by atoms with van der Waals surface area (Å²) in [6.45, 7) is 0.906. The van der Waals surface area contributed by atoms with E-state index < -0.39 is 0 Å². The lowest BCUT2D eigenvalue weighted by Crippen LogP contribution is -2.33. The Labute approximate surface area is 119 Å². The van der Waals surface area contributed by atoms with E-state index in [0.717, 1.165) is 10.9 Å². The first kappa shape index (κ1) is 14.5. The lowest BCUT2D eigenvalue weighted by Gasteiger charge is -2.18. The SMILES string of the molecule is NCCCC(=O)NC(CN)c1ccc2ccccc2c1. The van der Waals surface area contributed by atoms with Crippen LogP contribution in [-0.2, 0) is 4.79 Å². The highest BCUT2D eigenvalue weighted by molar-refractivity contribution is 5.83. The summed E-state index contributed by atoms with van der Waals surface area (Å²) in [6.07, 6.45) is 1.14. The zero-order valence-electron chi connectivity index (χ0n) is 11.5. The Balaban J connectivity index is 2.14. The van der Waals surface area contributed by atoms with Crippen LogP contribution in [0.2, 0.25) is 0 Å². The molecule has 0 spiro atoms. The maximum atomic E-state index is 11.8. The number of fused-ring (bicyclic) bond motifs is 1. The van der Waals surface area contributed by atoms with Crippen molar-refractivity contribution in [3.05, 3.63) is 48.0 Å². The van der Waals surface area contributed by atoms with Crippen LogP contribution in [0.3, 0.4) is 0 Å². The minimum absolute atomic E-state index is 0.000872. The molecule has 0 saturated carbocycles. The molecule has 1 amide bonds. The van der Waals surface area contributed by atoms with Gasteiger partial charge in [-0.25, -0.2) is 0 Å². The van der Waals surface area contributed by atoms with Gasteiger partial charge < -0.3 is 16.8 Å². The lowest BCUT2D eigenvalue weighted by atomic mass is 10.0. The number of nitrogens with two attached hydrogens (primary N) is 2. The van der Waals surface area contributed by atoms with Gasteiger partial charge in [0.1, 0.15) is 0 Å². The molecule has 0 bridgehead atoms. The third kappa shape index (κ3) is 3.56. The van der Waals surface area contributed by atoms with Crippen LogP contribution in [0.25, 0.3) is 10.8 Å². The summed E-state index contributed by atoms with van der Waals surface area (Å²) in [4.78, 5) is 11.8. The average Bonchev–Trinajstić information content (AvgIpc) is 2.50. The summed E-state index contributed by atoms with van der Waals surface area (Å²) >= 11 is 0. The van der Waals surface area contributed by atoms with Crippen LogP contribution in [0.1, 0.15) is 24.4 Å². The lowest BCUT2D eigenvalue weighted by molar-refractivity contribution is -0.121. The molecule has 0 saturated heterocycles. The normalized spacial score (nSPS) is 12.3. The Morgan fingerprint density at radius 2 is 1.85 bits per heavy atom. The molecule has 0 aliphatic carbocycles. The van der Waals surface area contributed by atoms with Gasteiger partial charge in [-0.2, -0.15) is 0 Å². The van der Waals surface area contributed by atoms with E-state index in [-0.39, 0.29) is 11.9 Å². The minimum atomic E-state index is -0.148. The van der Waals surface area contributed by atoms with Gasteiger partial charge in [-0.1, -0.05) is 36.4 Å². The molecule has 0 radical (unpaired) electrons. The van der Waals surface area contributed by atoms with E-state index in [9.17, 15) is 4.79 Å². The van der Waals surface area contributed by atoms with E-state index in [1.54, 1.807) is 0 Å². The molecule has 20 heavy (non-hydrogen) atoms. The Bertz CT molecular complexity index is 583. The van der Waals surface area contributed by atoms with Crippen LogP contribution < -0.4 is 16.8 Å². The minimum Gasteiger partial charge on any atom is -0.348 e. The maximum absolute atomic E-state index is 11.8. The van der Waals surface area contributed by atoms with E-state index >= 15 is 0 Å². The third-order valence-corrected chi connectivity index (χ3v) is 3.35. The van der Waals surface area contributed by atoms with Crippen molar-refractivity contribution in [3.63, 3.8) is 0 Å². The smallest absolute Gasteiger partial charge is 0.220 e. The number of carbonyl (C=O) groups excluding carboxylic acids is 1. The predicted molar refractivity (Wildman–Crippen MR) is 82.2 cm³/mol. The molecule has 1 unspecified atom stereocenters. The van der Waals surface area contributed by atoms with Crippen LogP contribution in [0.5, 0.6) is 0 Å². The standard InChI is InChI=1S/C16H21N3O/c17-9-3-6-16(20)19-15(11-18)14-8-7-12-4-1-2-5-13(12)10-14/h1-2,4-5,7-8,10,15H,3,6,9,11,17-18H2,(H,19,20). The molecule has 0 fully saturated rings. The van der Waals surface area contributed by atoms with Crippen LogP contribution >= 0.6 is 0 Å². The van der Waals surface area contributed by atoms with Crippen molar-refractivity contribution >= 4 is 16.7 Å². The molecular weight excluding hydrogens is 250 g/mol. The summed E-state index contributed by atoms with van der Waals surface area (Å²) in [7, 11) is 0. The van der Waals surface area contributed by atoms with Gasteiger partial charge in [0.25, 0.3) is 0 Å². The number of benzene rings is 2. The molecule has 4 heteroatoms. The van der Waals surface area contributed by atoms with E-state index in [4.69, 9.17) is 11.5 Å². The van der Waals surface area contributed by atoms with Crippen molar-refractivity contribution in [2.75, 3.05) is 13.1 Å². The molecule has 0 heterocycles. The number of hydrogen-bond donors (Lipinski definition) is 3. The monoisotopic (exact) mass is 271 g/mol. The number of amides is 1. The average molecular weight is 271 g/mol. The Morgan fingerprint density at radius 1 is 1.10 bits per heavy atom. The summed E-state index contributed by atoms with van der Waals surface area (Å²) in [6, 6.07) is 14.1. The number of carbonyl (C=O) groups is 1. The van der Waals surface area contributed by atoms with Crippen LogP contribution in [0.4, 0.5) is 0 Å². The summed E-state index contributed by atoms with van der Waals surface area (Å²) in [5, 5.41) is 5.30. The second kappa shape index (κ2) is 7.03. The van der Waals surface area contributed by atoms with Crippen molar-refractivity contribution in [2.24, 2.45) is 11.5 Å². The fourth-order valence-corrected chi connectivity index (χ4v) is 2.23. The zero-order valence-corrected chi connectivity index (χ0v) is 11.5. The molecule has 2 rings (SSSR count). The van der Waals surface area contributed by atoms with Gasteiger partial charge in [-0.05, 0) is 35.4 Å². The largest absolute Gasteiger partial charge is 0.348 e. The third-order valence-electron chi connectivity index (χ3n) is 3.35. The molecule has 2 aromatic rings. The molecule has 106 valence electrons. The molecule has 2 aromatic carbocycles. The van der Waals surface area contributed by atoms with Gasteiger partial charge in [0.15, 0.2) is 0 Å². The molecule has 0 aromatic heterocycles. The highest BCUT2D eigenvalue weighted by Crippen LogP contribution is 2.20. The second-order valence-electron chi connectivity index (χ2n) is 4.85. The van der Waals surface area contributed by atoms with Crippen LogP contribution in [-0.4, -0.2) is 19.0 Å². The maximum Gasteiger partial charge on any atom is 0.220 e.